The van der Waals surface area contributed by atoms with E-state index in [0.717, 1.165) is 36.6 Å². The van der Waals surface area contributed by atoms with Crippen molar-refractivity contribution in [2.24, 2.45) is 0 Å². The standard InChI is InChI=1S/C19H21N3O3/c23-18-12-16(15-5-1-2-6-17(15)20-18)19(24)22-9-7-21(8-10-22)13-14-4-3-11-25-14/h1-6,11,16H,7-10,12-13H2,(H,20,23)/t16-/m0/s1. The van der Waals surface area contributed by atoms with Crippen LogP contribution in [0.1, 0.15) is 23.7 Å². The van der Waals surface area contributed by atoms with Crippen LogP contribution in [0.3, 0.4) is 0 Å². The zero-order chi connectivity index (χ0) is 17.2. The predicted molar refractivity (Wildman–Crippen MR) is 93.0 cm³/mol. The molecule has 2 amide bonds. The second kappa shape index (κ2) is 6.72. The monoisotopic (exact) mass is 339 g/mol. The van der Waals surface area contributed by atoms with Gasteiger partial charge in [0, 0.05) is 38.3 Å². The first-order valence-electron chi connectivity index (χ1n) is 8.63. The number of carbonyl (C=O) groups is 2. The van der Waals surface area contributed by atoms with Crippen LogP contribution in [0, 0.1) is 0 Å². The van der Waals surface area contributed by atoms with Crippen LogP contribution in [0.2, 0.25) is 0 Å². The average Bonchev–Trinajstić information content (AvgIpc) is 3.14. The number of hydrogen-bond acceptors (Lipinski definition) is 4. The van der Waals surface area contributed by atoms with Crippen molar-refractivity contribution in [3.05, 3.63) is 54.0 Å². The topological polar surface area (TPSA) is 65.8 Å². The molecule has 1 aromatic carbocycles. The van der Waals surface area contributed by atoms with Crippen LogP contribution in [0.4, 0.5) is 5.69 Å². The molecule has 0 radical (unpaired) electrons. The average molecular weight is 339 g/mol. The first kappa shape index (κ1) is 15.9. The number of fused-ring (bicyclic) bond motifs is 1. The van der Waals surface area contributed by atoms with Crippen molar-refractivity contribution in [2.45, 2.75) is 18.9 Å². The quantitative estimate of drug-likeness (QED) is 0.929. The number of benzene rings is 1. The Morgan fingerprint density at radius 1 is 1.12 bits per heavy atom. The van der Waals surface area contributed by atoms with E-state index in [9.17, 15) is 9.59 Å². The van der Waals surface area contributed by atoms with E-state index in [1.807, 2.05) is 41.3 Å². The molecule has 2 aromatic rings. The molecule has 130 valence electrons. The third kappa shape index (κ3) is 3.30. The van der Waals surface area contributed by atoms with Crippen molar-refractivity contribution < 1.29 is 14.0 Å². The number of nitrogens with zero attached hydrogens (tertiary/aromatic N) is 2. The Bertz CT molecular complexity index is 764. The highest BCUT2D eigenvalue weighted by atomic mass is 16.3. The van der Waals surface area contributed by atoms with E-state index < -0.39 is 0 Å². The van der Waals surface area contributed by atoms with Crippen molar-refractivity contribution >= 4 is 17.5 Å². The predicted octanol–water partition coefficient (Wildman–Crippen LogP) is 2.05. The summed E-state index contributed by atoms with van der Waals surface area (Å²) >= 11 is 0. The summed E-state index contributed by atoms with van der Waals surface area (Å²) in [6.45, 7) is 3.75. The lowest BCUT2D eigenvalue weighted by molar-refractivity contribution is -0.136. The molecule has 1 fully saturated rings. The van der Waals surface area contributed by atoms with Gasteiger partial charge in [0.1, 0.15) is 5.76 Å². The molecule has 1 atom stereocenters. The molecule has 0 bridgehead atoms. The molecule has 1 N–H and O–H groups in total. The van der Waals surface area contributed by atoms with Gasteiger partial charge in [0.25, 0.3) is 0 Å². The maximum atomic E-state index is 13.0. The van der Waals surface area contributed by atoms with E-state index in [1.165, 1.54) is 0 Å². The molecule has 6 heteroatoms. The lowest BCUT2D eigenvalue weighted by Crippen LogP contribution is -2.50. The number of rotatable bonds is 3. The maximum absolute atomic E-state index is 13.0. The zero-order valence-corrected chi connectivity index (χ0v) is 14.0. The summed E-state index contributed by atoms with van der Waals surface area (Å²) in [7, 11) is 0. The Hall–Kier alpha value is -2.60. The molecule has 0 saturated carbocycles. The largest absolute Gasteiger partial charge is 0.468 e. The molecule has 4 rings (SSSR count). The van der Waals surface area contributed by atoms with Gasteiger partial charge in [0.15, 0.2) is 0 Å². The summed E-state index contributed by atoms with van der Waals surface area (Å²) in [6, 6.07) is 11.4. The van der Waals surface area contributed by atoms with Gasteiger partial charge in [-0.2, -0.15) is 0 Å². The molecule has 0 unspecified atom stereocenters. The van der Waals surface area contributed by atoms with Crippen LogP contribution in [-0.4, -0.2) is 47.8 Å². The molecule has 3 heterocycles. The number of amides is 2. The van der Waals surface area contributed by atoms with Gasteiger partial charge in [0.05, 0.1) is 18.7 Å². The van der Waals surface area contributed by atoms with Crippen molar-refractivity contribution in [3.63, 3.8) is 0 Å². The molecule has 0 aliphatic carbocycles. The highest BCUT2D eigenvalue weighted by Gasteiger charge is 2.34. The van der Waals surface area contributed by atoms with Gasteiger partial charge in [-0.25, -0.2) is 0 Å². The molecule has 1 aromatic heterocycles. The van der Waals surface area contributed by atoms with Gasteiger partial charge in [-0.05, 0) is 23.8 Å². The highest BCUT2D eigenvalue weighted by molar-refractivity contribution is 6.01. The van der Waals surface area contributed by atoms with Gasteiger partial charge in [-0.3, -0.25) is 14.5 Å². The fraction of sp³-hybridized carbons (Fsp3) is 0.368. The summed E-state index contributed by atoms with van der Waals surface area (Å²) in [4.78, 5) is 29.1. The molecular formula is C19H21N3O3. The molecule has 25 heavy (non-hydrogen) atoms. The molecule has 2 aliphatic heterocycles. The SMILES string of the molecule is O=C1C[C@H](C(=O)N2CCN(Cc3ccco3)CC2)c2ccccc2N1. The first-order chi connectivity index (χ1) is 12.2. The molecule has 6 nitrogen and oxygen atoms in total. The molecule has 0 spiro atoms. The van der Waals surface area contributed by atoms with Crippen molar-refractivity contribution in [1.82, 2.24) is 9.80 Å². The van der Waals surface area contributed by atoms with Crippen LogP contribution >= 0.6 is 0 Å². The van der Waals surface area contributed by atoms with E-state index >= 15 is 0 Å². The smallest absolute Gasteiger partial charge is 0.230 e. The third-order valence-corrected chi connectivity index (χ3v) is 4.94. The second-order valence-electron chi connectivity index (χ2n) is 6.57. The minimum absolute atomic E-state index is 0.0555. The first-order valence-corrected chi connectivity index (χ1v) is 8.63. The number of nitrogens with one attached hydrogen (secondary N) is 1. The van der Waals surface area contributed by atoms with Crippen LogP contribution in [0.15, 0.2) is 47.1 Å². The van der Waals surface area contributed by atoms with E-state index in [4.69, 9.17) is 4.42 Å². The Balaban J connectivity index is 1.41. The lowest BCUT2D eigenvalue weighted by atomic mass is 9.89. The summed E-state index contributed by atoms with van der Waals surface area (Å²) in [5, 5.41) is 2.85. The van der Waals surface area contributed by atoms with Gasteiger partial charge in [0.2, 0.25) is 11.8 Å². The Morgan fingerprint density at radius 3 is 2.68 bits per heavy atom. The van der Waals surface area contributed by atoms with Gasteiger partial charge in [-0.1, -0.05) is 18.2 Å². The normalized spacial score (nSPS) is 20.9. The van der Waals surface area contributed by atoms with E-state index in [0.29, 0.717) is 13.1 Å². The minimum Gasteiger partial charge on any atom is -0.468 e. The number of carbonyl (C=O) groups excluding carboxylic acids is 2. The number of anilines is 1. The van der Waals surface area contributed by atoms with Crippen LogP contribution < -0.4 is 5.32 Å². The van der Waals surface area contributed by atoms with Gasteiger partial charge >= 0.3 is 0 Å². The van der Waals surface area contributed by atoms with Gasteiger partial charge in [-0.15, -0.1) is 0 Å². The van der Waals surface area contributed by atoms with E-state index in [2.05, 4.69) is 10.2 Å². The Labute approximate surface area is 146 Å². The number of hydrogen-bond donors (Lipinski definition) is 1. The number of para-hydroxylation sites is 1. The fourth-order valence-corrected chi connectivity index (χ4v) is 3.60. The second-order valence-corrected chi connectivity index (χ2v) is 6.57. The van der Waals surface area contributed by atoms with Gasteiger partial charge < -0.3 is 14.6 Å². The summed E-state index contributed by atoms with van der Waals surface area (Å²) in [5.74, 6) is 0.535. The third-order valence-electron chi connectivity index (χ3n) is 4.94. The van der Waals surface area contributed by atoms with E-state index in [1.54, 1.807) is 6.26 Å². The van der Waals surface area contributed by atoms with Crippen LogP contribution in [0.5, 0.6) is 0 Å². The van der Waals surface area contributed by atoms with Crippen LogP contribution in [0.25, 0.3) is 0 Å². The Kier molecular flexibility index (Phi) is 4.28. The highest BCUT2D eigenvalue weighted by Crippen LogP contribution is 2.33. The number of piperazine rings is 1. The zero-order valence-electron chi connectivity index (χ0n) is 14.0. The summed E-state index contributed by atoms with van der Waals surface area (Å²) in [5.41, 5.74) is 1.68. The van der Waals surface area contributed by atoms with Crippen molar-refractivity contribution in [2.75, 3.05) is 31.5 Å². The molecule has 1 saturated heterocycles. The van der Waals surface area contributed by atoms with Crippen LogP contribution in [-0.2, 0) is 16.1 Å². The van der Waals surface area contributed by atoms with Crippen molar-refractivity contribution in [1.29, 1.82) is 0 Å². The molecular weight excluding hydrogens is 318 g/mol. The Morgan fingerprint density at radius 2 is 1.92 bits per heavy atom. The number of furan rings is 1. The minimum atomic E-state index is -0.374. The van der Waals surface area contributed by atoms with Crippen molar-refractivity contribution in [3.8, 4) is 0 Å². The lowest BCUT2D eigenvalue weighted by Gasteiger charge is -2.37. The maximum Gasteiger partial charge on any atom is 0.230 e. The molecule has 2 aliphatic rings. The summed E-state index contributed by atoms with van der Waals surface area (Å²) < 4.78 is 5.39. The fourth-order valence-electron chi connectivity index (χ4n) is 3.60. The van der Waals surface area contributed by atoms with E-state index in [-0.39, 0.29) is 24.2 Å². The summed E-state index contributed by atoms with van der Waals surface area (Å²) in [6.07, 6.45) is 1.91.